The summed E-state index contributed by atoms with van der Waals surface area (Å²) in [6.07, 6.45) is 0. The second-order valence-corrected chi connectivity index (χ2v) is 18.5. The molecule has 12 rings (SSSR count). The molecule has 0 N–H and O–H groups in total. The first-order valence-electron chi connectivity index (χ1n) is 25.3. The van der Waals surface area contributed by atoms with Gasteiger partial charge in [-0.05, 0) is 128 Å². The van der Waals surface area contributed by atoms with E-state index in [-0.39, 0.29) is 0 Å². The first-order chi connectivity index (χ1) is 36.7. The Morgan fingerprint density at radius 1 is 0.162 bits per heavy atom. The molecular formula is C72H52N2. The maximum Gasteiger partial charge on any atom is 0.0618 e. The second-order valence-electron chi connectivity index (χ2n) is 18.5. The van der Waals surface area contributed by atoms with Crippen LogP contribution in [0.3, 0.4) is 0 Å². The molecule has 0 saturated heterocycles. The van der Waals surface area contributed by atoms with E-state index in [2.05, 4.69) is 325 Å². The Hall–Kier alpha value is -9.76. The lowest BCUT2D eigenvalue weighted by Crippen LogP contribution is -2.13. The number of benzene rings is 12. The van der Waals surface area contributed by atoms with Gasteiger partial charge in [-0.15, -0.1) is 0 Å². The highest BCUT2D eigenvalue weighted by Crippen LogP contribution is 2.49. The van der Waals surface area contributed by atoms with Crippen molar-refractivity contribution in [1.82, 2.24) is 0 Å². The number of hydrogen-bond donors (Lipinski definition) is 0. The van der Waals surface area contributed by atoms with Gasteiger partial charge in [-0.3, -0.25) is 0 Å². The molecule has 0 radical (unpaired) electrons. The Morgan fingerprint density at radius 2 is 0.405 bits per heavy atom. The van der Waals surface area contributed by atoms with Gasteiger partial charge >= 0.3 is 0 Å². The SMILES string of the molecule is c1ccc(-c2ccc(N(c3ccc(-c4ccc(N(c5ccc(-c6ccccc6)cc5)c5c(-c6ccccc6)cc(-c6ccccc6)cc5-c5ccccc5)cc4)cc3)c3ccccc3-c3ccccc3)cc2)cc1. The largest absolute Gasteiger partial charge is 0.310 e. The highest BCUT2D eigenvalue weighted by molar-refractivity contribution is 6.00. The number of anilines is 6. The Bertz CT molecular complexity index is 3690. The zero-order chi connectivity index (χ0) is 49.5. The van der Waals surface area contributed by atoms with Crippen molar-refractivity contribution in [2.24, 2.45) is 0 Å². The van der Waals surface area contributed by atoms with Gasteiger partial charge in [-0.1, -0.05) is 249 Å². The van der Waals surface area contributed by atoms with Gasteiger partial charge in [-0.25, -0.2) is 0 Å². The van der Waals surface area contributed by atoms with Crippen LogP contribution < -0.4 is 9.80 Å². The lowest BCUT2D eigenvalue weighted by Gasteiger charge is -2.31. The molecule has 0 aliphatic heterocycles. The fourth-order valence-electron chi connectivity index (χ4n) is 10.2. The monoisotopic (exact) mass is 944 g/mol. The van der Waals surface area contributed by atoms with Crippen LogP contribution in [0.5, 0.6) is 0 Å². The molecule has 0 heterocycles. The van der Waals surface area contributed by atoms with Crippen molar-refractivity contribution in [2.45, 2.75) is 0 Å². The van der Waals surface area contributed by atoms with E-state index in [0.717, 1.165) is 73.1 Å². The number of para-hydroxylation sites is 1. The molecule has 74 heavy (non-hydrogen) atoms. The van der Waals surface area contributed by atoms with Gasteiger partial charge < -0.3 is 9.80 Å². The average molecular weight is 945 g/mol. The zero-order valence-corrected chi connectivity index (χ0v) is 40.9. The highest BCUT2D eigenvalue weighted by Gasteiger charge is 2.24. The number of hydrogen-bond acceptors (Lipinski definition) is 2. The summed E-state index contributed by atoms with van der Waals surface area (Å²) in [6.45, 7) is 0. The Kier molecular flexibility index (Phi) is 12.8. The van der Waals surface area contributed by atoms with Crippen molar-refractivity contribution >= 4 is 34.1 Å². The van der Waals surface area contributed by atoms with Crippen LogP contribution in [0.1, 0.15) is 0 Å². The van der Waals surface area contributed by atoms with E-state index in [0.29, 0.717) is 0 Å². The smallest absolute Gasteiger partial charge is 0.0618 e. The summed E-state index contributed by atoms with van der Waals surface area (Å²) in [6, 6.07) is 114. The summed E-state index contributed by atoms with van der Waals surface area (Å²) in [5, 5.41) is 0. The molecule has 0 bridgehead atoms. The Morgan fingerprint density at radius 3 is 0.743 bits per heavy atom. The molecule has 0 fully saturated rings. The molecule has 350 valence electrons. The topological polar surface area (TPSA) is 6.48 Å². The maximum atomic E-state index is 2.45. The molecule has 0 aliphatic carbocycles. The van der Waals surface area contributed by atoms with Crippen LogP contribution in [0.15, 0.2) is 315 Å². The summed E-state index contributed by atoms with van der Waals surface area (Å²) < 4.78 is 0. The van der Waals surface area contributed by atoms with Gasteiger partial charge in [0.2, 0.25) is 0 Å². The molecule has 0 atom stereocenters. The van der Waals surface area contributed by atoms with Gasteiger partial charge in [0.25, 0.3) is 0 Å². The van der Waals surface area contributed by atoms with Crippen LogP contribution in [0.4, 0.5) is 34.1 Å². The van der Waals surface area contributed by atoms with Crippen molar-refractivity contribution in [3.63, 3.8) is 0 Å². The molecular weight excluding hydrogens is 893 g/mol. The predicted molar refractivity (Wildman–Crippen MR) is 314 cm³/mol. The third kappa shape index (κ3) is 9.44. The first-order valence-corrected chi connectivity index (χ1v) is 25.3. The molecule has 0 aliphatic rings. The van der Waals surface area contributed by atoms with Crippen LogP contribution in [0, 0.1) is 0 Å². The Balaban J connectivity index is 0.972. The summed E-state index contributed by atoms with van der Waals surface area (Å²) in [5.74, 6) is 0. The van der Waals surface area contributed by atoms with Crippen molar-refractivity contribution in [1.29, 1.82) is 0 Å². The summed E-state index contributed by atoms with van der Waals surface area (Å²) in [7, 11) is 0. The Labute approximate surface area is 435 Å². The van der Waals surface area contributed by atoms with Gasteiger partial charge in [0, 0.05) is 39.4 Å². The van der Waals surface area contributed by atoms with E-state index < -0.39 is 0 Å². The molecule has 12 aromatic rings. The van der Waals surface area contributed by atoms with E-state index >= 15 is 0 Å². The molecule has 0 saturated carbocycles. The van der Waals surface area contributed by atoms with Gasteiger partial charge in [0.15, 0.2) is 0 Å². The van der Waals surface area contributed by atoms with Gasteiger partial charge in [0.1, 0.15) is 0 Å². The molecule has 2 nitrogen and oxygen atoms in total. The van der Waals surface area contributed by atoms with Crippen LogP contribution in [0.2, 0.25) is 0 Å². The van der Waals surface area contributed by atoms with Gasteiger partial charge in [0.05, 0.1) is 11.4 Å². The normalized spacial score (nSPS) is 11.0. The van der Waals surface area contributed by atoms with Crippen LogP contribution >= 0.6 is 0 Å². The van der Waals surface area contributed by atoms with E-state index in [1.165, 1.54) is 38.9 Å². The zero-order valence-electron chi connectivity index (χ0n) is 40.9. The van der Waals surface area contributed by atoms with E-state index in [1.807, 2.05) is 0 Å². The number of rotatable bonds is 13. The summed E-state index contributed by atoms with van der Waals surface area (Å²) >= 11 is 0. The van der Waals surface area contributed by atoms with E-state index in [4.69, 9.17) is 0 Å². The van der Waals surface area contributed by atoms with Crippen molar-refractivity contribution in [2.75, 3.05) is 9.80 Å². The van der Waals surface area contributed by atoms with Crippen molar-refractivity contribution in [3.05, 3.63) is 315 Å². The lowest BCUT2D eigenvalue weighted by atomic mass is 9.89. The second kappa shape index (κ2) is 20.9. The van der Waals surface area contributed by atoms with Gasteiger partial charge in [-0.2, -0.15) is 0 Å². The minimum atomic E-state index is 1.06. The molecule has 0 aromatic heterocycles. The fraction of sp³-hybridized carbons (Fsp3) is 0. The minimum absolute atomic E-state index is 1.06. The average Bonchev–Trinajstić information content (AvgIpc) is 3.49. The molecule has 0 unspecified atom stereocenters. The first kappa shape index (κ1) is 45.4. The predicted octanol–water partition coefficient (Wildman–Crippen LogP) is 20.3. The summed E-state index contributed by atoms with van der Waals surface area (Å²) in [4.78, 5) is 4.83. The molecule has 12 aromatic carbocycles. The fourth-order valence-corrected chi connectivity index (χ4v) is 10.2. The third-order valence-electron chi connectivity index (χ3n) is 13.9. The maximum absolute atomic E-state index is 2.45. The van der Waals surface area contributed by atoms with Crippen LogP contribution in [-0.2, 0) is 0 Å². The highest BCUT2D eigenvalue weighted by atomic mass is 15.2. The van der Waals surface area contributed by atoms with Crippen molar-refractivity contribution < 1.29 is 0 Å². The van der Waals surface area contributed by atoms with E-state index in [9.17, 15) is 0 Å². The lowest BCUT2D eigenvalue weighted by molar-refractivity contribution is 1.28. The quantitative estimate of drug-likeness (QED) is 0.114. The van der Waals surface area contributed by atoms with Crippen LogP contribution in [0.25, 0.3) is 77.9 Å². The van der Waals surface area contributed by atoms with Crippen LogP contribution in [-0.4, -0.2) is 0 Å². The molecule has 0 amide bonds. The molecule has 2 heteroatoms. The molecule has 0 spiro atoms. The van der Waals surface area contributed by atoms with Crippen molar-refractivity contribution in [3.8, 4) is 77.9 Å². The standard InChI is InChI=1S/C72H52N2/c1-7-21-53(22-8-1)56-35-43-64(44-36-56)73(71-34-20-19-33-68(71)60-27-13-4-14-28-60)65-45-37-58(38-46-65)59-41-49-67(50-42-59)74(66-47-39-57(40-48-66)54-23-9-2-10-24-54)72-69(61-29-15-5-16-30-61)51-63(55-25-11-3-12-26-55)52-70(72)62-31-17-6-18-32-62/h1-52H. The number of nitrogens with zero attached hydrogens (tertiary/aromatic N) is 2. The minimum Gasteiger partial charge on any atom is -0.310 e. The van der Waals surface area contributed by atoms with E-state index in [1.54, 1.807) is 0 Å². The summed E-state index contributed by atoms with van der Waals surface area (Å²) in [5.41, 5.74) is 22.8. The third-order valence-corrected chi connectivity index (χ3v) is 13.9.